The molecule has 0 fully saturated rings. The molecule has 0 unspecified atom stereocenters. The lowest BCUT2D eigenvalue weighted by molar-refractivity contribution is -0.113. The highest BCUT2D eigenvalue weighted by atomic mass is 32.2. The van der Waals surface area contributed by atoms with Crippen LogP contribution in [0.25, 0.3) is 0 Å². The highest BCUT2D eigenvalue weighted by molar-refractivity contribution is 7.99. The Kier molecular flexibility index (Phi) is 5.95. The van der Waals surface area contributed by atoms with Crippen LogP contribution in [0.5, 0.6) is 5.75 Å². The highest BCUT2D eigenvalue weighted by Gasteiger charge is 2.13. The molecule has 0 radical (unpaired) electrons. The van der Waals surface area contributed by atoms with E-state index in [0.717, 1.165) is 23.0 Å². The normalized spacial score (nSPS) is 10.7. The van der Waals surface area contributed by atoms with Crippen LogP contribution in [-0.4, -0.2) is 33.5 Å². The Morgan fingerprint density at radius 1 is 1.35 bits per heavy atom. The van der Waals surface area contributed by atoms with Gasteiger partial charge in [0.2, 0.25) is 5.91 Å². The van der Waals surface area contributed by atoms with Gasteiger partial charge in [-0.25, -0.2) is 0 Å². The predicted octanol–water partition coefficient (Wildman–Crippen LogP) is 3.52. The molecule has 1 N–H and O–H groups in total. The van der Waals surface area contributed by atoms with Gasteiger partial charge >= 0.3 is 0 Å². The van der Waals surface area contributed by atoms with Gasteiger partial charge in [-0.3, -0.25) is 4.79 Å². The van der Waals surface area contributed by atoms with E-state index >= 15 is 0 Å². The maximum atomic E-state index is 12.3. The Morgan fingerprint density at radius 3 is 2.92 bits per heavy atom. The van der Waals surface area contributed by atoms with Crippen molar-refractivity contribution in [2.45, 2.75) is 18.5 Å². The molecule has 0 atom stereocenters. The van der Waals surface area contributed by atoms with Gasteiger partial charge in [-0.1, -0.05) is 23.9 Å². The first-order valence-electron chi connectivity index (χ1n) is 8.04. The summed E-state index contributed by atoms with van der Waals surface area (Å²) in [4.78, 5) is 13.5. The lowest BCUT2D eigenvalue weighted by atomic mass is 10.2. The second kappa shape index (κ2) is 8.37. The van der Waals surface area contributed by atoms with Crippen molar-refractivity contribution in [2.24, 2.45) is 7.05 Å². The molecule has 0 aliphatic rings. The molecule has 2 aromatic heterocycles. The Morgan fingerprint density at radius 2 is 2.19 bits per heavy atom. The van der Waals surface area contributed by atoms with Crippen LogP contribution in [0.2, 0.25) is 0 Å². The van der Waals surface area contributed by atoms with Crippen molar-refractivity contribution >= 4 is 34.7 Å². The fourth-order valence-corrected chi connectivity index (χ4v) is 3.86. The average Bonchev–Trinajstić information content (AvgIpc) is 3.25. The van der Waals surface area contributed by atoms with E-state index in [4.69, 9.17) is 4.74 Å². The minimum atomic E-state index is -0.110. The summed E-state index contributed by atoms with van der Waals surface area (Å²) in [5.41, 5.74) is 1.73. The number of hydrogen-bond acceptors (Lipinski definition) is 6. The predicted molar refractivity (Wildman–Crippen MR) is 105 cm³/mol. The monoisotopic (exact) mass is 388 g/mol. The third-order valence-electron chi connectivity index (χ3n) is 3.80. The Hall–Kier alpha value is -2.32. The number of hydrogen-bond donors (Lipinski definition) is 1. The first kappa shape index (κ1) is 18.5. The van der Waals surface area contributed by atoms with E-state index in [1.54, 1.807) is 18.4 Å². The minimum Gasteiger partial charge on any atom is -0.495 e. The van der Waals surface area contributed by atoms with Crippen LogP contribution < -0.4 is 10.1 Å². The standard InChI is InChI=1S/C18H20N4O2S2/c1-12-6-7-15(24-3)14(9-12)19-17(23)11-26-18-21-20-16(22(18)2)10-13-5-4-8-25-13/h4-9H,10-11H2,1-3H3,(H,19,23). The van der Waals surface area contributed by atoms with Crippen molar-refractivity contribution in [1.82, 2.24) is 14.8 Å². The number of carbonyl (C=O) groups excluding carboxylic acids is 1. The molecular weight excluding hydrogens is 368 g/mol. The topological polar surface area (TPSA) is 69.0 Å². The molecule has 2 heterocycles. The number of nitrogens with one attached hydrogen (secondary N) is 1. The second-order valence-corrected chi connectivity index (χ2v) is 7.73. The van der Waals surface area contributed by atoms with Gasteiger partial charge in [-0.05, 0) is 36.1 Å². The SMILES string of the molecule is COc1ccc(C)cc1NC(=O)CSc1nnc(Cc2cccs2)n1C. The number of rotatable bonds is 7. The molecule has 136 valence electrons. The summed E-state index contributed by atoms with van der Waals surface area (Å²) in [6, 6.07) is 9.78. The van der Waals surface area contributed by atoms with Crippen molar-refractivity contribution in [3.8, 4) is 5.75 Å². The number of carbonyl (C=O) groups is 1. The Balaban J connectivity index is 1.60. The first-order chi connectivity index (χ1) is 12.6. The van der Waals surface area contributed by atoms with Gasteiger partial charge in [0, 0.05) is 18.3 Å². The molecule has 0 spiro atoms. The lowest BCUT2D eigenvalue weighted by Gasteiger charge is -2.10. The Bertz CT molecular complexity index is 891. The molecule has 6 nitrogen and oxygen atoms in total. The van der Waals surface area contributed by atoms with Gasteiger partial charge in [0.25, 0.3) is 0 Å². The van der Waals surface area contributed by atoms with Gasteiger partial charge in [0.15, 0.2) is 5.16 Å². The summed E-state index contributed by atoms with van der Waals surface area (Å²) >= 11 is 3.06. The number of aromatic nitrogens is 3. The Labute approximate surface area is 160 Å². The van der Waals surface area contributed by atoms with Crippen molar-refractivity contribution in [1.29, 1.82) is 0 Å². The van der Waals surface area contributed by atoms with Crippen molar-refractivity contribution in [2.75, 3.05) is 18.2 Å². The van der Waals surface area contributed by atoms with E-state index in [2.05, 4.69) is 21.6 Å². The molecule has 0 bridgehead atoms. The number of nitrogens with zero attached hydrogens (tertiary/aromatic N) is 3. The van der Waals surface area contributed by atoms with Gasteiger partial charge in [0.1, 0.15) is 11.6 Å². The van der Waals surface area contributed by atoms with E-state index < -0.39 is 0 Å². The second-order valence-electron chi connectivity index (χ2n) is 5.75. The molecule has 0 saturated heterocycles. The van der Waals surface area contributed by atoms with Crippen molar-refractivity contribution in [3.05, 3.63) is 52.0 Å². The largest absolute Gasteiger partial charge is 0.495 e. The molecule has 0 aliphatic carbocycles. The number of amides is 1. The molecular formula is C18H20N4O2S2. The van der Waals surface area contributed by atoms with Crippen LogP contribution in [0.3, 0.4) is 0 Å². The third kappa shape index (κ3) is 4.44. The summed E-state index contributed by atoms with van der Waals surface area (Å²) in [6.45, 7) is 1.97. The molecule has 1 amide bonds. The van der Waals surface area contributed by atoms with Gasteiger partial charge in [0.05, 0.1) is 18.6 Å². The van der Waals surface area contributed by atoms with Crippen molar-refractivity contribution in [3.63, 3.8) is 0 Å². The zero-order valence-corrected chi connectivity index (χ0v) is 16.5. The molecule has 1 aromatic carbocycles. The number of thiophene rings is 1. The fraction of sp³-hybridized carbons (Fsp3) is 0.278. The maximum absolute atomic E-state index is 12.3. The number of thioether (sulfide) groups is 1. The number of ether oxygens (including phenoxy) is 1. The van der Waals surface area contributed by atoms with Gasteiger partial charge < -0.3 is 14.6 Å². The number of anilines is 1. The first-order valence-corrected chi connectivity index (χ1v) is 9.91. The van der Waals surface area contributed by atoms with E-state index in [0.29, 0.717) is 11.4 Å². The van der Waals surface area contributed by atoms with Crippen LogP contribution in [0.1, 0.15) is 16.3 Å². The third-order valence-corrected chi connectivity index (χ3v) is 5.70. The van der Waals surface area contributed by atoms with Crippen molar-refractivity contribution < 1.29 is 9.53 Å². The molecule has 26 heavy (non-hydrogen) atoms. The molecule has 0 saturated carbocycles. The molecule has 3 rings (SSSR count). The van der Waals surface area contributed by atoms with Crippen LogP contribution in [0.15, 0.2) is 40.9 Å². The van der Waals surface area contributed by atoms with Gasteiger partial charge in [-0.15, -0.1) is 21.5 Å². The number of methoxy groups -OCH3 is 1. The summed E-state index contributed by atoms with van der Waals surface area (Å²) in [6.07, 6.45) is 0.744. The molecule has 8 heteroatoms. The zero-order valence-electron chi connectivity index (χ0n) is 14.9. The average molecular weight is 389 g/mol. The van der Waals surface area contributed by atoms with E-state index in [1.807, 2.05) is 48.2 Å². The summed E-state index contributed by atoms with van der Waals surface area (Å²) < 4.78 is 7.22. The van der Waals surface area contributed by atoms with Crippen LogP contribution in [-0.2, 0) is 18.3 Å². The van der Waals surface area contributed by atoms with Crippen LogP contribution in [0.4, 0.5) is 5.69 Å². The van der Waals surface area contributed by atoms with Crippen LogP contribution >= 0.6 is 23.1 Å². The summed E-state index contributed by atoms with van der Waals surface area (Å²) in [5.74, 6) is 1.67. The zero-order chi connectivity index (χ0) is 18.5. The fourth-order valence-electron chi connectivity index (χ4n) is 2.43. The summed E-state index contributed by atoms with van der Waals surface area (Å²) in [5, 5.41) is 14.1. The van der Waals surface area contributed by atoms with Crippen LogP contribution in [0, 0.1) is 6.92 Å². The minimum absolute atomic E-state index is 0.110. The highest BCUT2D eigenvalue weighted by Crippen LogP contribution is 2.26. The number of benzene rings is 1. The summed E-state index contributed by atoms with van der Waals surface area (Å²) in [7, 11) is 3.51. The smallest absolute Gasteiger partial charge is 0.234 e. The maximum Gasteiger partial charge on any atom is 0.234 e. The van der Waals surface area contributed by atoms with E-state index in [-0.39, 0.29) is 11.7 Å². The van der Waals surface area contributed by atoms with E-state index in [9.17, 15) is 4.79 Å². The molecule has 0 aliphatic heterocycles. The molecule has 3 aromatic rings. The quantitative estimate of drug-likeness (QED) is 0.627. The lowest BCUT2D eigenvalue weighted by Crippen LogP contribution is -2.15. The van der Waals surface area contributed by atoms with E-state index in [1.165, 1.54) is 16.6 Å². The number of aryl methyl sites for hydroxylation is 1. The van der Waals surface area contributed by atoms with Gasteiger partial charge in [-0.2, -0.15) is 0 Å².